The quantitative estimate of drug-likeness (QED) is 0.785. The molecular formula is C17H17N5. The first-order valence-corrected chi connectivity index (χ1v) is 7.49. The van der Waals surface area contributed by atoms with Gasteiger partial charge in [0.25, 0.3) is 0 Å². The second kappa shape index (κ2) is 4.73. The van der Waals surface area contributed by atoms with Crippen LogP contribution in [0.15, 0.2) is 37.1 Å². The summed E-state index contributed by atoms with van der Waals surface area (Å²) in [4.78, 5) is 17.4. The average molecular weight is 291 g/mol. The lowest BCUT2D eigenvalue weighted by Gasteiger charge is -2.40. The summed E-state index contributed by atoms with van der Waals surface area (Å²) in [5, 5.41) is 0.968. The van der Waals surface area contributed by atoms with E-state index in [2.05, 4.69) is 21.9 Å². The number of pyridine rings is 2. The van der Waals surface area contributed by atoms with Crippen LogP contribution in [-0.2, 0) is 5.41 Å². The molecule has 1 aliphatic carbocycles. The molecule has 0 saturated heterocycles. The summed E-state index contributed by atoms with van der Waals surface area (Å²) in [7, 11) is 0. The fourth-order valence-corrected chi connectivity index (χ4v) is 3.33. The van der Waals surface area contributed by atoms with Gasteiger partial charge in [-0.05, 0) is 30.4 Å². The standard InChI is InChI=1S/C17H17N5/c1-17(5-2-6-17)14-15(18)11-3-7-19-9-13(11)22-16(14)12-4-8-20-10-21-12/h3-4,7-10H,2,5-6H2,1H3,(H2,18,22). The number of hydrogen-bond acceptors (Lipinski definition) is 5. The van der Waals surface area contributed by atoms with Crippen molar-refractivity contribution < 1.29 is 0 Å². The van der Waals surface area contributed by atoms with Gasteiger partial charge in [0.1, 0.15) is 6.33 Å². The fourth-order valence-electron chi connectivity index (χ4n) is 3.33. The lowest BCUT2D eigenvalue weighted by Crippen LogP contribution is -2.32. The van der Waals surface area contributed by atoms with E-state index in [0.29, 0.717) is 0 Å². The Morgan fingerprint density at radius 2 is 1.95 bits per heavy atom. The van der Waals surface area contributed by atoms with E-state index in [-0.39, 0.29) is 5.41 Å². The Morgan fingerprint density at radius 3 is 2.64 bits per heavy atom. The number of hydrogen-bond donors (Lipinski definition) is 1. The molecule has 0 radical (unpaired) electrons. The first kappa shape index (κ1) is 13.1. The molecule has 0 amide bonds. The second-order valence-electron chi connectivity index (χ2n) is 6.15. The van der Waals surface area contributed by atoms with Gasteiger partial charge in [0, 0.05) is 29.0 Å². The summed E-state index contributed by atoms with van der Waals surface area (Å²) in [6.07, 6.45) is 10.3. The Bertz CT molecular complexity index is 840. The average Bonchev–Trinajstić information content (AvgIpc) is 2.53. The number of rotatable bonds is 2. The number of nitrogens with two attached hydrogens (primary N) is 1. The van der Waals surface area contributed by atoms with Crippen molar-refractivity contribution >= 4 is 16.6 Å². The molecule has 3 aromatic rings. The van der Waals surface area contributed by atoms with Crippen LogP contribution in [0.4, 0.5) is 5.69 Å². The molecule has 2 N–H and O–H groups in total. The zero-order valence-electron chi connectivity index (χ0n) is 12.5. The minimum absolute atomic E-state index is 0.0782. The van der Waals surface area contributed by atoms with Gasteiger partial charge >= 0.3 is 0 Å². The molecule has 0 aliphatic heterocycles. The number of fused-ring (bicyclic) bond motifs is 1. The maximum atomic E-state index is 6.54. The molecule has 1 fully saturated rings. The number of aromatic nitrogens is 4. The van der Waals surface area contributed by atoms with Crippen LogP contribution in [0.2, 0.25) is 0 Å². The van der Waals surface area contributed by atoms with Crippen LogP contribution in [0, 0.1) is 0 Å². The van der Waals surface area contributed by atoms with Crippen LogP contribution in [0.3, 0.4) is 0 Å². The largest absolute Gasteiger partial charge is 0.398 e. The van der Waals surface area contributed by atoms with Crippen molar-refractivity contribution in [3.8, 4) is 11.4 Å². The van der Waals surface area contributed by atoms with E-state index >= 15 is 0 Å². The van der Waals surface area contributed by atoms with Crippen molar-refractivity contribution in [2.24, 2.45) is 0 Å². The molecule has 3 heterocycles. The normalized spacial score (nSPS) is 16.4. The van der Waals surface area contributed by atoms with E-state index in [1.54, 1.807) is 24.9 Å². The maximum Gasteiger partial charge on any atom is 0.116 e. The highest BCUT2D eigenvalue weighted by atomic mass is 14.9. The highest BCUT2D eigenvalue weighted by molar-refractivity contribution is 5.95. The smallest absolute Gasteiger partial charge is 0.116 e. The van der Waals surface area contributed by atoms with Crippen molar-refractivity contribution in [2.75, 3.05) is 5.73 Å². The van der Waals surface area contributed by atoms with E-state index in [0.717, 1.165) is 46.4 Å². The molecule has 0 spiro atoms. The van der Waals surface area contributed by atoms with Crippen LogP contribution in [0.5, 0.6) is 0 Å². The molecule has 4 rings (SSSR count). The monoisotopic (exact) mass is 291 g/mol. The van der Waals surface area contributed by atoms with Gasteiger partial charge in [-0.15, -0.1) is 0 Å². The van der Waals surface area contributed by atoms with E-state index < -0.39 is 0 Å². The van der Waals surface area contributed by atoms with Crippen molar-refractivity contribution in [3.05, 3.63) is 42.6 Å². The lowest BCUT2D eigenvalue weighted by molar-refractivity contribution is 0.273. The van der Waals surface area contributed by atoms with Crippen LogP contribution >= 0.6 is 0 Å². The van der Waals surface area contributed by atoms with Crippen LogP contribution in [-0.4, -0.2) is 19.9 Å². The minimum atomic E-state index is 0.0782. The van der Waals surface area contributed by atoms with Crippen LogP contribution < -0.4 is 5.73 Å². The molecule has 110 valence electrons. The van der Waals surface area contributed by atoms with Gasteiger partial charge in [0.15, 0.2) is 0 Å². The fraction of sp³-hybridized carbons (Fsp3) is 0.294. The maximum absolute atomic E-state index is 6.54. The zero-order chi connectivity index (χ0) is 15.2. The molecule has 3 aromatic heterocycles. The molecular weight excluding hydrogens is 274 g/mol. The predicted molar refractivity (Wildman–Crippen MR) is 86.2 cm³/mol. The summed E-state index contributed by atoms with van der Waals surface area (Å²) in [5.74, 6) is 0. The van der Waals surface area contributed by atoms with E-state index in [1.165, 1.54) is 6.42 Å². The number of nitrogens with zero attached hydrogens (tertiary/aromatic N) is 4. The van der Waals surface area contributed by atoms with Gasteiger partial charge < -0.3 is 5.73 Å². The summed E-state index contributed by atoms with van der Waals surface area (Å²) in [6, 6.07) is 3.82. The molecule has 1 saturated carbocycles. The summed E-state index contributed by atoms with van der Waals surface area (Å²) in [5.41, 5.74) is 11.0. The van der Waals surface area contributed by atoms with Gasteiger partial charge in [-0.25, -0.2) is 15.0 Å². The van der Waals surface area contributed by atoms with Gasteiger partial charge in [0.2, 0.25) is 0 Å². The van der Waals surface area contributed by atoms with Crippen LogP contribution in [0.1, 0.15) is 31.7 Å². The molecule has 0 aromatic carbocycles. The van der Waals surface area contributed by atoms with Gasteiger partial charge in [-0.3, -0.25) is 4.98 Å². The van der Waals surface area contributed by atoms with Gasteiger partial charge in [0.05, 0.1) is 23.1 Å². The van der Waals surface area contributed by atoms with Crippen molar-refractivity contribution in [3.63, 3.8) is 0 Å². The second-order valence-corrected chi connectivity index (χ2v) is 6.15. The molecule has 0 bridgehead atoms. The van der Waals surface area contributed by atoms with Gasteiger partial charge in [-0.1, -0.05) is 13.3 Å². The Labute approximate surface area is 128 Å². The van der Waals surface area contributed by atoms with E-state index in [1.807, 2.05) is 12.1 Å². The lowest BCUT2D eigenvalue weighted by atomic mass is 9.64. The predicted octanol–water partition coefficient (Wildman–Crippen LogP) is 3.11. The Kier molecular flexibility index (Phi) is 2.82. The molecule has 1 aliphatic rings. The third kappa shape index (κ3) is 1.85. The third-order valence-electron chi connectivity index (χ3n) is 4.71. The van der Waals surface area contributed by atoms with Crippen LogP contribution in [0.25, 0.3) is 22.3 Å². The first-order chi connectivity index (χ1) is 10.7. The number of nitrogen functional groups attached to an aromatic ring is 1. The van der Waals surface area contributed by atoms with E-state index in [9.17, 15) is 0 Å². The van der Waals surface area contributed by atoms with Crippen molar-refractivity contribution in [2.45, 2.75) is 31.6 Å². The molecule has 0 atom stereocenters. The first-order valence-electron chi connectivity index (χ1n) is 7.49. The third-order valence-corrected chi connectivity index (χ3v) is 4.71. The summed E-state index contributed by atoms with van der Waals surface area (Å²) >= 11 is 0. The van der Waals surface area contributed by atoms with Gasteiger partial charge in [-0.2, -0.15) is 0 Å². The Balaban J connectivity index is 2.07. The van der Waals surface area contributed by atoms with Crippen molar-refractivity contribution in [1.29, 1.82) is 0 Å². The minimum Gasteiger partial charge on any atom is -0.398 e. The summed E-state index contributed by atoms with van der Waals surface area (Å²) < 4.78 is 0. The molecule has 22 heavy (non-hydrogen) atoms. The molecule has 5 nitrogen and oxygen atoms in total. The van der Waals surface area contributed by atoms with Crippen molar-refractivity contribution in [1.82, 2.24) is 19.9 Å². The zero-order valence-corrected chi connectivity index (χ0v) is 12.5. The summed E-state index contributed by atoms with van der Waals surface area (Å²) in [6.45, 7) is 2.27. The Morgan fingerprint density at radius 1 is 1.14 bits per heavy atom. The highest BCUT2D eigenvalue weighted by Crippen LogP contribution is 2.49. The van der Waals surface area contributed by atoms with E-state index in [4.69, 9.17) is 10.7 Å². The topological polar surface area (TPSA) is 77.6 Å². The highest BCUT2D eigenvalue weighted by Gasteiger charge is 2.38. The Hall–Kier alpha value is -2.56. The number of anilines is 1. The molecule has 5 heteroatoms. The molecule has 0 unspecified atom stereocenters. The SMILES string of the molecule is CC1(c2c(-c3ccncn3)nc3cnccc3c2N)CCC1.